The Hall–Kier alpha value is -2.10. The summed E-state index contributed by atoms with van der Waals surface area (Å²) in [6, 6.07) is 8.27. The molecule has 138 valence electrons. The lowest BCUT2D eigenvalue weighted by atomic mass is 10.0. The fraction of sp³-hybridized carbons (Fsp3) is 0.545. The molecule has 1 saturated heterocycles. The van der Waals surface area contributed by atoms with Crippen molar-refractivity contribution in [1.29, 1.82) is 0 Å². The highest BCUT2D eigenvalue weighted by molar-refractivity contribution is 5.94. The van der Waals surface area contributed by atoms with Gasteiger partial charge in [0, 0.05) is 30.6 Å². The maximum absolute atomic E-state index is 12.3. The summed E-state index contributed by atoms with van der Waals surface area (Å²) in [6.45, 7) is 4.34. The predicted octanol–water partition coefficient (Wildman–Crippen LogP) is 5.05. The van der Waals surface area contributed by atoms with E-state index in [1.165, 1.54) is 44.1 Å². The summed E-state index contributed by atoms with van der Waals surface area (Å²) in [5, 5.41) is 4.20. The lowest BCUT2D eigenvalue weighted by molar-refractivity contribution is -0.116. The normalized spacial score (nSPS) is 18.0. The van der Waals surface area contributed by atoms with Crippen molar-refractivity contribution in [2.75, 3.05) is 23.3 Å². The summed E-state index contributed by atoms with van der Waals surface area (Å²) in [4.78, 5) is 19.5. The van der Waals surface area contributed by atoms with Crippen LogP contribution in [0.2, 0.25) is 0 Å². The van der Waals surface area contributed by atoms with Gasteiger partial charge in [-0.15, -0.1) is 0 Å². The van der Waals surface area contributed by atoms with E-state index < -0.39 is 0 Å². The maximum Gasteiger partial charge on any atom is 0.224 e. The van der Waals surface area contributed by atoms with Crippen LogP contribution in [0.25, 0.3) is 10.9 Å². The van der Waals surface area contributed by atoms with Gasteiger partial charge in [-0.2, -0.15) is 0 Å². The number of aromatic nitrogens is 1. The first-order valence-electron chi connectivity index (χ1n) is 10.2. The van der Waals surface area contributed by atoms with Crippen molar-refractivity contribution in [3.63, 3.8) is 0 Å². The van der Waals surface area contributed by atoms with Gasteiger partial charge in [-0.25, -0.2) is 4.98 Å². The van der Waals surface area contributed by atoms with E-state index in [1.807, 2.05) is 12.1 Å². The highest BCUT2D eigenvalue weighted by Crippen LogP contribution is 2.29. The molecule has 2 fully saturated rings. The van der Waals surface area contributed by atoms with Crippen molar-refractivity contribution < 1.29 is 4.79 Å². The zero-order chi connectivity index (χ0) is 17.9. The molecule has 2 heterocycles. The van der Waals surface area contributed by atoms with Gasteiger partial charge in [0.1, 0.15) is 5.82 Å². The Bertz CT molecular complexity index is 789. The van der Waals surface area contributed by atoms with Crippen molar-refractivity contribution in [2.24, 2.45) is 5.92 Å². The van der Waals surface area contributed by atoms with Crippen LogP contribution < -0.4 is 10.2 Å². The molecule has 0 atom stereocenters. The third-order valence-corrected chi connectivity index (χ3v) is 5.97. The van der Waals surface area contributed by atoms with E-state index in [9.17, 15) is 4.79 Å². The zero-order valence-corrected chi connectivity index (χ0v) is 15.8. The second kappa shape index (κ2) is 7.65. The molecule has 0 radical (unpaired) electrons. The Labute approximate surface area is 156 Å². The van der Waals surface area contributed by atoms with Crippen LogP contribution in [0, 0.1) is 12.8 Å². The topological polar surface area (TPSA) is 45.2 Å². The van der Waals surface area contributed by atoms with Crippen LogP contribution in [0.15, 0.2) is 24.3 Å². The monoisotopic (exact) mass is 351 g/mol. The number of rotatable bonds is 5. The molecule has 0 unspecified atom stereocenters. The van der Waals surface area contributed by atoms with Gasteiger partial charge in [0.15, 0.2) is 0 Å². The van der Waals surface area contributed by atoms with Crippen LogP contribution in [-0.4, -0.2) is 24.0 Å². The third kappa shape index (κ3) is 3.84. The van der Waals surface area contributed by atoms with Crippen molar-refractivity contribution in [2.45, 2.75) is 58.3 Å². The number of amides is 1. The number of hydrogen-bond donors (Lipinski definition) is 1. The Morgan fingerprint density at radius 2 is 1.92 bits per heavy atom. The summed E-state index contributed by atoms with van der Waals surface area (Å²) in [7, 11) is 0. The lowest BCUT2D eigenvalue weighted by Gasteiger charge is -2.18. The smallest absolute Gasteiger partial charge is 0.224 e. The van der Waals surface area contributed by atoms with Gasteiger partial charge in [0.25, 0.3) is 0 Å². The molecule has 1 aromatic carbocycles. The van der Waals surface area contributed by atoms with Crippen LogP contribution in [0.4, 0.5) is 11.5 Å². The highest BCUT2D eigenvalue weighted by atomic mass is 16.1. The summed E-state index contributed by atoms with van der Waals surface area (Å²) < 4.78 is 0. The maximum atomic E-state index is 12.3. The molecule has 4 nitrogen and oxygen atoms in total. The summed E-state index contributed by atoms with van der Waals surface area (Å²) >= 11 is 0. The van der Waals surface area contributed by atoms with Crippen molar-refractivity contribution in [3.05, 3.63) is 29.8 Å². The molecule has 1 aliphatic heterocycles. The number of hydrogen-bond acceptors (Lipinski definition) is 3. The average Bonchev–Trinajstić information content (AvgIpc) is 3.34. The molecule has 0 bridgehead atoms. The minimum Gasteiger partial charge on any atom is -0.357 e. The average molecular weight is 351 g/mol. The van der Waals surface area contributed by atoms with Crippen LogP contribution in [0.3, 0.4) is 0 Å². The number of nitrogens with one attached hydrogen (secondary N) is 1. The first kappa shape index (κ1) is 17.3. The zero-order valence-electron chi connectivity index (χ0n) is 15.8. The quantitative estimate of drug-likeness (QED) is 0.819. The lowest BCUT2D eigenvalue weighted by Crippen LogP contribution is -2.19. The Balaban J connectivity index is 1.45. The second-order valence-corrected chi connectivity index (χ2v) is 7.96. The molecule has 4 heteroatoms. The van der Waals surface area contributed by atoms with Crippen LogP contribution in [-0.2, 0) is 4.79 Å². The van der Waals surface area contributed by atoms with Gasteiger partial charge in [-0.05, 0) is 61.9 Å². The first-order chi connectivity index (χ1) is 12.7. The number of nitrogens with zero attached hydrogens (tertiary/aromatic N) is 2. The number of carbonyl (C=O) groups excluding carboxylic acids is 1. The van der Waals surface area contributed by atoms with Gasteiger partial charge < -0.3 is 10.2 Å². The largest absolute Gasteiger partial charge is 0.357 e. The Kier molecular flexibility index (Phi) is 5.09. The van der Waals surface area contributed by atoms with Crippen molar-refractivity contribution in [1.82, 2.24) is 4.98 Å². The summed E-state index contributed by atoms with van der Waals surface area (Å²) in [5.74, 6) is 1.98. The SMILES string of the molecule is Cc1cc(N2CCCC2)nc2ccc(NC(=O)CCC3CCCC3)cc12. The van der Waals surface area contributed by atoms with E-state index in [1.54, 1.807) is 0 Å². The van der Waals surface area contributed by atoms with E-state index in [-0.39, 0.29) is 5.91 Å². The van der Waals surface area contributed by atoms with Gasteiger partial charge >= 0.3 is 0 Å². The molecule has 1 N–H and O–H groups in total. The van der Waals surface area contributed by atoms with Crippen LogP contribution in [0.1, 0.15) is 56.9 Å². The molecule has 4 rings (SSSR count). The standard InChI is InChI=1S/C22H29N3O/c1-16-14-21(25-12-4-5-13-25)24-20-10-9-18(15-19(16)20)23-22(26)11-8-17-6-2-3-7-17/h9-10,14-15,17H,2-8,11-13H2,1H3,(H,23,26). The van der Waals surface area contributed by atoms with Crippen molar-refractivity contribution in [3.8, 4) is 0 Å². The second-order valence-electron chi connectivity index (χ2n) is 7.96. The fourth-order valence-corrected chi connectivity index (χ4v) is 4.42. The van der Waals surface area contributed by atoms with Gasteiger partial charge in [0.2, 0.25) is 5.91 Å². The molecule has 1 saturated carbocycles. The minimum absolute atomic E-state index is 0.135. The van der Waals surface area contributed by atoms with E-state index in [0.717, 1.165) is 47.8 Å². The number of carbonyl (C=O) groups is 1. The van der Waals surface area contributed by atoms with E-state index >= 15 is 0 Å². The highest BCUT2D eigenvalue weighted by Gasteiger charge is 2.17. The first-order valence-corrected chi connectivity index (χ1v) is 10.2. The predicted molar refractivity (Wildman–Crippen MR) is 108 cm³/mol. The number of pyridine rings is 1. The molecular weight excluding hydrogens is 322 g/mol. The summed E-state index contributed by atoms with van der Waals surface area (Å²) in [5.41, 5.74) is 3.11. The molecule has 2 aromatic rings. The molecule has 26 heavy (non-hydrogen) atoms. The molecule has 1 aromatic heterocycles. The Morgan fingerprint density at radius 3 is 2.69 bits per heavy atom. The molecule has 1 aliphatic carbocycles. The van der Waals surface area contributed by atoms with Crippen LogP contribution in [0.5, 0.6) is 0 Å². The van der Waals surface area contributed by atoms with E-state index in [0.29, 0.717) is 6.42 Å². The summed E-state index contributed by atoms with van der Waals surface area (Å²) in [6.07, 6.45) is 9.44. The fourth-order valence-electron chi connectivity index (χ4n) is 4.42. The van der Waals surface area contributed by atoms with Gasteiger partial charge in [-0.3, -0.25) is 4.79 Å². The van der Waals surface area contributed by atoms with Crippen LogP contribution >= 0.6 is 0 Å². The molecule has 0 spiro atoms. The van der Waals surface area contributed by atoms with E-state index in [4.69, 9.17) is 4.98 Å². The van der Waals surface area contributed by atoms with E-state index in [2.05, 4.69) is 29.3 Å². The van der Waals surface area contributed by atoms with Crippen molar-refractivity contribution >= 4 is 28.3 Å². The molecular formula is C22H29N3O. The van der Waals surface area contributed by atoms with Gasteiger partial charge in [0.05, 0.1) is 5.52 Å². The molecule has 1 amide bonds. The third-order valence-electron chi connectivity index (χ3n) is 5.97. The molecule has 2 aliphatic rings. The minimum atomic E-state index is 0.135. The number of fused-ring (bicyclic) bond motifs is 1. The number of benzene rings is 1. The number of aryl methyl sites for hydroxylation is 1. The van der Waals surface area contributed by atoms with Gasteiger partial charge in [-0.1, -0.05) is 25.7 Å². The Morgan fingerprint density at radius 1 is 1.15 bits per heavy atom. The number of anilines is 2.